The van der Waals surface area contributed by atoms with Crippen molar-refractivity contribution in [2.45, 2.75) is 0 Å². The van der Waals surface area contributed by atoms with E-state index in [0.717, 1.165) is 0 Å². The van der Waals surface area contributed by atoms with Crippen LogP contribution in [-0.4, -0.2) is 9.97 Å². The summed E-state index contributed by atoms with van der Waals surface area (Å²) in [5.41, 5.74) is 0. The number of rotatable bonds is 2. The Morgan fingerprint density at radius 3 is 0.955 bits per heavy atom. The first-order valence-electron chi connectivity index (χ1n) is 5.03. The monoisotopic (exact) mass is 576 g/mol. The first-order valence-corrected chi connectivity index (χ1v) is 9.20. The number of hydrogen-bond donors (Lipinski definition) is 0. The van der Waals surface area contributed by atoms with Crippen molar-refractivity contribution in [2.24, 2.45) is 0 Å². The summed E-state index contributed by atoms with van der Waals surface area (Å²) in [6.45, 7) is 0. The van der Waals surface area contributed by atoms with E-state index in [9.17, 15) is 23.5 Å². The summed E-state index contributed by atoms with van der Waals surface area (Å²) in [5, 5.41) is 0. The van der Waals surface area contributed by atoms with Gasteiger partial charge in [0.15, 0.2) is 0 Å². The average Bonchev–Trinajstić information content (AvgIpc) is 2.40. The normalized spacial score (nSPS) is 9.91. The van der Waals surface area contributed by atoms with Crippen LogP contribution in [-0.2, 0) is 72.9 Å². The van der Waals surface area contributed by atoms with Crippen LogP contribution >= 0.6 is 0 Å². The van der Waals surface area contributed by atoms with E-state index in [0.29, 0.717) is 0 Å². The van der Waals surface area contributed by atoms with Crippen LogP contribution in [0.3, 0.4) is 0 Å². The van der Waals surface area contributed by atoms with Crippen molar-refractivity contribution in [1.29, 1.82) is 0 Å². The van der Waals surface area contributed by atoms with E-state index < -0.39 is 27.2 Å². The molecule has 0 amide bonds. The molecule has 2 rings (SSSR count). The molecule has 0 unspecified atom stereocenters. The van der Waals surface area contributed by atoms with Crippen molar-refractivity contribution >= 4 is 0 Å². The Bertz CT molecular complexity index is 567. The standard InChI is InChI=1S/2C5H5N.2Cr.Hg.7O/c2*1-2-4-6-5-3-1;;;;;;;;;;/h2*1-5H;;;;;;;;;;/q;;;;+2;;;;;;2*-1. The van der Waals surface area contributed by atoms with Gasteiger partial charge in [-0.25, -0.2) is 0 Å². The van der Waals surface area contributed by atoms with E-state index in [4.69, 9.17) is 0 Å². The van der Waals surface area contributed by atoms with Gasteiger partial charge < -0.3 is 0 Å². The zero-order valence-corrected chi connectivity index (χ0v) is 19.1. The number of aromatic nitrogens is 2. The van der Waals surface area contributed by atoms with Gasteiger partial charge in [-0.1, -0.05) is 12.1 Å². The topological polar surface area (TPSA) is 149 Å². The predicted molar refractivity (Wildman–Crippen MR) is 52.3 cm³/mol. The number of nitrogens with zero attached hydrogens (tertiary/aromatic N) is 2. The third-order valence-electron chi connectivity index (χ3n) is 1.30. The summed E-state index contributed by atoms with van der Waals surface area (Å²) in [5.74, 6) is 0. The second kappa shape index (κ2) is 12.9. The summed E-state index contributed by atoms with van der Waals surface area (Å²) in [6, 6.07) is 11.4. The molecule has 0 N–H and O–H groups in total. The molecule has 0 saturated carbocycles. The third-order valence-corrected chi connectivity index (χ3v) is 3.97. The molecule has 0 aliphatic heterocycles. The van der Waals surface area contributed by atoms with Gasteiger partial charge in [-0.05, 0) is 24.3 Å². The van der Waals surface area contributed by atoms with Crippen LogP contribution in [0.15, 0.2) is 61.2 Å². The largest absolute Gasteiger partial charge is 0.265 e. The van der Waals surface area contributed by atoms with E-state index in [2.05, 4.69) is 12.8 Å². The summed E-state index contributed by atoms with van der Waals surface area (Å²) in [4.78, 5) is 7.57. The van der Waals surface area contributed by atoms with E-state index in [1.165, 1.54) is 0 Å². The first kappa shape index (κ1) is 23.6. The van der Waals surface area contributed by atoms with Crippen LogP contribution in [0.2, 0.25) is 0 Å². The summed E-state index contributed by atoms with van der Waals surface area (Å²) in [7, 11) is 0. The van der Waals surface area contributed by atoms with E-state index in [-0.39, 0.29) is 27.7 Å². The van der Waals surface area contributed by atoms with Gasteiger partial charge in [-0.3, -0.25) is 9.97 Å². The van der Waals surface area contributed by atoms with Crippen molar-refractivity contribution in [2.75, 3.05) is 0 Å². The van der Waals surface area contributed by atoms with Crippen LogP contribution in [0.25, 0.3) is 0 Å². The molecule has 2 aromatic heterocycles. The maximum atomic E-state index is 9.38. The molecule has 0 atom stereocenters. The molecule has 0 bridgehead atoms. The van der Waals surface area contributed by atoms with Crippen molar-refractivity contribution < 1.29 is 81.3 Å². The van der Waals surface area contributed by atoms with Crippen LogP contribution in [0.1, 0.15) is 0 Å². The van der Waals surface area contributed by atoms with E-state index in [1.807, 2.05) is 36.4 Å². The van der Waals surface area contributed by atoms with E-state index >= 15 is 0 Å². The second-order valence-electron chi connectivity index (χ2n) is 2.93. The zero-order valence-electron chi connectivity index (χ0n) is 11.0. The summed E-state index contributed by atoms with van der Waals surface area (Å²) >= 11 is -12.1. The van der Waals surface area contributed by atoms with Gasteiger partial charge >= 0.3 is 81.3 Å². The minimum Gasteiger partial charge on any atom is -0.265 e. The molecule has 2 heterocycles. The van der Waals surface area contributed by atoms with Crippen molar-refractivity contribution in [3.8, 4) is 0 Å². The van der Waals surface area contributed by atoms with Crippen LogP contribution in [0.4, 0.5) is 0 Å². The van der Waals surface area contributed by atoms with Crippen LogP contribution in [0, 0.1) is 0 Å². The SMILES string of the molecule is [Hg+2].[O]=[Cr](=[O])([O-])[O][Cr](=[O])(=[O])[O-].c1ccncc1.c1ccncc1. The Labute approximate surface area is 151 Å². The average molecular weight is 575 g/mol. The fourth-order valence-corrected chi connectivity index (χ4v) is 2.36. The molecule has 0 aliphatic carbocycles. The van der Waals surface area contributed by atoms with Crippen molar-refractivity contribution in [3.63, 3.8) is 0 Å². The summed E-state index contributed by atoms with van der Waals surface area (Å²) in [6.07, 6.45) is 7.00. The van der Waals surface area contributed by atoms with Gasteiger partial charge in [0.25, 0.3) is 0 Å². The minimum atomic E-state index is -6.07. The molecule has 116 valence electrons. The second-order valence-corrected chi connectivity index (χ2v) is 6.57. The predicted octanol–water partition coefficient (Wildman–Crippen LogP) is -0.766. The molecule has 0 saturated heterocycles. The molecule has 0 fully saturated rings. The summed E-state index contributed by atoms with van der Waals surface area (Å²) < 4.78 is 58.9. The van der Waals surface area contributed by atoms with Gasteiger partial charge in [0, 0.05) is 24.8 Å². The Morgan fingerprint density at radius 2 is 0.909 bits per heavy atom. The smallest absolute Gasteiger partial charge is 0.0267 e. The first-order chi connectivity index (χ1) is 9.71. The molecule has 12 heteroatoms. The maximum absolute atomic E-state index is 9.38. The van der Waals surface area contributed by atoms with Crippen molar-refractivity contribution in [1.82, 2.24) is 9.97 Å². The molecule has 0 aliphatic rings. The fraction of sp³-hybridized carbons (Fsp3) is 0. The van der Waals surface area contributed by atoms with Gasteiger partial charge in [0.05, 0.1) is 0 Å². The molecule has 2 aromatic rings. The molecular formula is C10H10Cr2HgN2O7. The Hall–Kier alpha value is -0.620. The Balaban J connectivity index is 0. The van der Waals surface area contributed by atoms with Gasteiger partial charge in [0.1, 0.15) is 0 Å². The number of pyridine rings is 2. The van der Waals surface area contributed by atoms with Gasteiger partial charge in [0.2, 0.25) is 0 Å². The van der Waals surface area contributed by atoms with Gasteiger partial charge in [-0.15, -0.1) is 0 Å². The van der Waals surface area contributed by atoms with Crippen LogP contribution in [0.5, 0.6) is 0 Å². The zero-order chi connectivity index (χ0) is 16.2. The number of hydrogen-bond acceptors (Lipinski definition) is 9. The molecular weight excluding hydrogens is 565 g/mol. The minimum absolute atomic E-state index is 0. The molecule has 0 spiro atoms. The third kappa shape index (κ3) is 21.7. The molecule has 9 nitrogen and oxygen atoms in total. The van der Waals surface area contributed by atoms with Crippen molar-refractivity contribution in [3.05, 3.63) is 61.2 Å². The molecule has 0 aromatic carbocycles. The maximum Gasteiger partial charge on any atom is 0.0267 e. The fourth-order valence-electron chi connectivity index (χ4n) is 0.727. The van der Waals surface area contributed by atoms with Gasteiger partial charge in [-0.2, -0.15) is 0 Å². The van der Waals surface area contributed by atoms with E-state index in [1.54, 1.807) is 24.8 Å². The molecule has 0 radical (unpaired) electrons. The Kier molecular flexibility index (Phi) is 13.8. The van der Waals surface area contributed by atoms with Crippen LogP contribution < -0.4 is 8.32 Å². The quantitative estimate of drug-likeness (QED) is 0.422. The molecule has 22 heavy (non-hydrogen) atoms. The Morgan fingerprint density at radius 1 is 0.636 bits per heavy atom.